The van der Waals surface area contributed by atoms with Gasteiger partial charge in [0.05, 0.1) is 17.8 Å². The maximum Gasteiger partial charge on any atom is 0.418 e. The van der Waals surface area contributed by atoms with Gasteiger partial charge < -0.3 is 10.6 Å². The zero-order valence-electron chi connectivity index (χ0n) is 12.8. The summed E-state index contributed by atoms with van der Waals surface area (Å²) in [5.74, 6) is -0.549. The molecule has 2 rings (SSSR count). The molecule has 0 fully saturated rings. The lowest BCUT2D eigenvalue weighted by molar-refractivity contribution is -0.137. The number of anilines is 1. The van der Waals surface area contributed by atoms with Crippen LogP contribution >= 0.6 is 11.6 Å². The number of carbonyl (C=O) groups is 1. The Kier molecular flexibility index (Phi) is 5.85. The molecule has 2 N–H and O–H groups in total. The molecule has 24 heavy (non-hydrogen) atoms. The highest BCUT2D eigenvalue weighted by Crippen LogP contribution is 2.34. The monoisotopic (exact) mass is 356 g/mol. The lowest BCUT2D eigenvalue weighted by Gasteiger charge is -2.16. The third kappa shape index (κ3) is 4.97. The average molecular weight is 357 g/mol. The maximum absolute atomic E-state index is 12.9. The van der Waals surface area contributed by atoms with Crippen LogP contribution in [0.5, 0.6) is 0 Å². The van der Waals surface area contributed by atoms with Crippen molar-refractivity contribution in [2.24, 2.45) is 0 Å². The number of nitrogens with one attached hydrogen (secondary N) is 2. The van der Waals surface area contributed by atoms with Gasteiger partial charge in [0.1, 0.15) is 0 Å². The molecule has 0 spiro atoms. The van der Waals surface area contributed by atoms with E-state index in [4.69, 9.17) is 11.6 Å². The Bertz CT molecular complexity index is 702. The maximum atomic E-state index is 12.9. The highest BCUT2D eigenvalue weighted by Gasteiger charge is 2.33. The molecule has 0 radical (unpaired) electrons. The first-order valence-electron chi connectivity index (χ1n) is 7.22. The average Bonchev–Trinajstić information content (AvgIpc) is 2.53. The molecule has 128 valence electrons. The normalized spacial score (nSPS) is 12.7. The summed E-state index contributed by atoms with van der Waals surface area (Å²) < 4.78 is 38.7. The number of para-hydroxylation sites is 1. The molecule has 0 saturated carbocycles. The highest BCUT2D eigenvalue weighted by atomic mass is 35.5. The second kappa shape index (κ2) is 7.68. The molecule has 0 unspecified atom stereocenters. The van der Waals surface area contributed by atoms with Crippen molar-refractivity contribution in [3.63, 3.8) is 0 Å². The van der Waals surface area contributed by atoms with Crippen LogP contribution in [0, 0.1) is 0 Å². The van der Waals surface area contributed by atoms with Gasteiger partial charge in [0.2, 0.25) is 5.91 Å². The lowest BCUT2D eigenvalue weighted by Crippen LogP contribution is -2.30. The molecule has 0 aliphatic rings. The Balaban J connectivity index is 1.96. The standard InChI is InChI=1S/C17H16ClF3N2O/c1-11(12-6-8-13(18)9-7-12)22-10-16(24)23-15-5-3-2-4-14(15)17(19,20)21/h2-9,11,22H,10H2,1H3,(H,23,24)/t11-/m1/s1. The van der Waals surface area contributed by atoms with Gasteiger partial charge in [0, 0.05) is 11.1 Å². The fourth-order valence-electron chi connectivity index (χ4n) is 2.15. The molecule has 0 aromatic heterocycles. The summed E-state index contributed by atoms with van der Waals surface area (Å²) in [6.45, 7) is 1.73. The van der Waals surface area contributed by atoms with Crippen LogP contribution in [0.15, 0.2) is 48.5 Å². The second-order valence-corrected chi connectivity index (χ2v) is 5.68. The van der Waals surface area contributed by atoms with Gasteiger partial charge in [-0.1, -0.05) is 35.9 Å². The van der Waals surface area contributed by atoms with Crippen LogP contribution < -0.4 is 10.6 Å². The van der Waals surface area contributed by atoms with Crippen molar-refractivity contribution in [3.05, 3.63) is 64.7 Å². The van der Waals surface area contributed by atoms with E-state index in [1.54, 1.807) is 12.1 Å². The fourth-order valence-corrected chi connectivity index (χ4v) is 2.27. The van der Waals surface area contributed by atoms with Crippen molar-refractivity contribution in [1.29, 1.82) is 0 Å². The van der Waals surface area contributed by atoms with Crippen LogP contribution in [-0.4, -0.2) is 12.5 Å². The first-order chi connectivity index (χ1) is 11.3. The minimum atomic E-state index is -4.52. The summed E-state index contributed by atoms with van der Waals surface area (Å²) in [5.41, 5.74) is -0.206. The van der Waals surface area contributed by atoms with Gasteiger partial charge in [-0.25, -0.2) is 0 Å². The highest BCUT2D eigenvalue weighted by molar-refractivity contribution is 6.30. The Hall–Kier alpha value is -2.05. The SMILES string of the molecule is C[C@@H](NCC(=O)Nc1ccccc1C(F)(F)F)c1ccc(Cl)cc1. The van der Waals surface area contributed by atoms with E-state index in [-0.39, 0.29) is 18.3 Å². The van der Waals surface area contributed by atoms with E-state index >= 15 is 0 Å². The summed E-state index contributed by atoms with van der Waals surface area (Å²) in [7, 11) is 0. The molecule has 2 aromatic carbocycles. The van der Waals surface area contributed by atoms with Crippen LogP contribution in [0.1, 0.15) is 24.1 Å². The fraction of sp³-hybridized carbons (Fsp3) is 0.235. The van der Waals surface area contributed by atoms with E-state index in [0.717, 1.165) is 11.6 Å². The van der Waals surface area contributed by atoms with Gasteiger partial charge in [-0.3, -0.25) is 4.79 Å². The van der Waals surface area contributed by atoms with Crippen molar-refractivity contribution in [2.45, 2.75) is 19.1 Å². The Morgan fingerprint density at radius 2 is 1.75 bits per heavy atom. The Morgan fingerprint density at radius 1 is 1.12 bits per heavy atom. The number of rotatable bonds is 5. The first-order valence-corrected chi connectivity index (χ1v) is 7.60. The van der Waals surface area contributed by atoms with Crippen LogP contribution in [-0.2, 0) is 11.0 Å². The predicted octanol–water partition coefficient (Wildman–Crippen LogP) is 4.65. The van der Waals surface area contributed by atoms with E-state index < -0.39 is 17.6 Å². The van der Waals surface area contributed by atoms with Gasteiger partial charge in [-0.2, -0.15) is 13.2 Å². The molecular weight excluding hydrogens is 341 g/mol. The zero-order chi connectivity index (χ0) is 17.7. The lowest BCUT2D eigenvalue weighted by atomic mass is 10.1. The molecule has 3 nitrogen and oxygen atoms in total. The molecule has 7 heteroatoms. The van der Waals surface area contributed by atoms with Crippen molar-refractivity contribution in [3.8, 4) is 0 Å². The molecule has 0 saturated heterocycles. The largest absolute Gasteiger partial charge is 0.418 e. The number of hydrogen-bond acceptors (Lipinski definition) is 2. The van der Waals surface area contributed by atoms with Gasteiger partial charge in [0.25, 0.3) is 0 Å². The molecular formula is C17H16ClF3N2O. The number of carbonyl (C=O) groups excluding carboxylic acids is 1. The molecule has 2 aromatic rings. The van der Waals surface area contributed by atoms with Gasteiger partial charge in [0.15, 0.2) is 0 Å². The van der Waals surface area contributed by atoms with E-state index in [2.05, 4.69) is 10.6 Å². The van der Waals surface area contributed by atoms with Crippen LogP contribution in [0.25, 0.3) is 0 Å². The molecule has 1 atom stereocenters. The number of hydrogen-bond donors (Lipinski definition) is 2. The third-order valence-corrected chi connectivity index (χ3v) is 3.70. The number of amides is 1. The topological polar surface area (TPSA) is 41.1 Å². The van der Waals surface area contributed by atoms with E-state index in [1.165, 1.54) is 18.2 Å². The van der Waals surface area contributed by atoms with E-state index in [1.807, 2.05) is 19.1 Å². The van der Waals surface area contributed by atoms with E-state index in [0.29, 0.717) is 5.02 Å². The van der Waals surface area contributed by atoms with Crippen molar-refractivity contribution < 1.29 is 18.0 Å². The molecule has 1 amide bonds. The Morgan fingerprint density at radius 3 is 2.38 bits per heavy atom. The zero-order valence-corrected chi connectivity index (χ0v) is 13.6. The van der Waals surface area contributed by atoms with Crippen LogP contribution in [0.4, 0.5) is 18.9 Å². The van der Waals surface area contributed by atoms with Gasteiger partial charge in [-0.05, 0) is 36.8 Å². The van der Waals surface area contributed by atoms with Gasteiger partial charge in [-0.15, -0.1) is 0 Å². The van der Waals surface area contributed by atoms with Crippen LogP contribution in [0.2, 0.25) is 5.02 Å². The second-order valence-electron chi connectivity index (χ2n) is 5.25. The number of halogens is 4. The quantitative estimate of drug-likeness (QED) is 0.818. The Labute approximate surface area is 142 Å². The molecule has 0 aliphatic heterocycles. The predicted molar refractivity (Wildman–Crippen MR) is 87.9 cm³/mol. The van der Waals surface area contributed by atoms with Crippen molar-refractivity contribution in [2.75, 3.05) is 11.9 Å². The third-order valence-electron chi connectivity index (χ3n) is 3.45. The summed E-state index contributed by atoms with van der Waals surface area (Å²) in [6.07, 6.45) is -4.52. The van der Waals surface area contributed by atoms with Crippen LogP contribution in [0.3, 0.4) is 0 Å². The number of alkyl halides is 3. The number of benzene rings is 2. The smallest absolute Gasteiger partial charge is 0.324 e. The molecule has 0 aliphatic carbocycles. The van der Waals surface area contributed by atoms with E-state index in [9.17, 15) is 18.0 Å². The van der Waals surface area contributed by atoms with Gasteiger partial charge >= 0.3 is 6.18 Å². The summed E-state index contributed by atoms with van der Waals surface area (Å²) >= 11 is 5.81. The summed E-state index contributed by atoms with van der Waals surface area (Å²) in [4.78, 5) is 11.9. The first kappa shape index (κ1) is 18.3. The summed E-state index contributed by atoms with van der Waals surface area (Å²) in [5, 5.41) is 5.85. The van der Waals surface area contributed by atoms with Crippen molar-refractivity contribution in [1.82, 2.24) is 5.32 Å². The summed E-state index contributed by atoms with van der Waals surface area (Å²) in [6, 6.07) is 11.8. The minimum Gasteiger partial charge on any atom is -0.324 e. The minimum absolute atomic E-state index is 0.115. The molecule has 0 bridgehead atoms. The van der Waals surface area contributed by atoms with Crippen molar-refractivity contribution >= 4 is 23.2 Å². The molecule has 0 heterocycles.